The van der Waals surface area contributed by atoms with Crippen molar-refractivity contribution in [2.45, 2.75) is 71.5 Å². The molecule has 2 aliphatic rings. The molecule has 0 bridgehead atoms. The third-order valence-corrected chi connectivity index (χ3v) is 4.45. The molecule has 2 atom stereocenters. The van der Waals surface area contributed by atoms with Gasteiger partial charge in [-0.3, -0.25) is 0 Å². The molecule has 2 fully saturated rings. The van der Waals surface area contributed by atoms with Gasteiger partial charge in [0.2, 0.25) is 0 Å². The number of hydrogen-bond donors (Lipinski definition) is 1. The number of hydrogen-bond acceptors (Lipinski definition) is 2. The molecule has 0 radical (unpaired) electrons. The molecule has 94 valence electrons. The highest BCUT2D eigenvalue weighted by molar-refractivity contribution is 5.06. The van der Waals surface area contributed by atoms with Gasteiger partial charge in [-0.2, -0.15) is 0 Å². The van der Waals surface area contributed by atoms with E-state index < -0.39 is 0 Å². The molecule has 0 saturated heterocycles. The second-order valence-corrected chi connectivity index (χ2v) is 6.86. The third kappa shape index (κ3) is 2.28. The van der Waals surface area contributed by atoms with Crippen LogP contribution in [0.25, 0.3) is 0 Å². The van der Waals surface area contributed by atoms with Crippen molar-refractivity contribution in [1.29, 1.82) is 0 Å². The lowest BCUT2D eigenvalue weighted by Crippen LogP contribution is -2.56. The van der Waals surface area contributed by atoms with E-state index in [4.69, 9.17) is 4.74 Å². The monoisotopic (exact) mass is 226 g/mol. The van der Waals surface area contributed by atoms with Gasteiger partial charge in [-0.25, -0.2) is 0 Å². The second-order valence-electron chi connectivity index (χ2n) is 6.86. The summed E-state index contributed by atoms with van der Waals surface area (Å²) in [5.74, 6) is 0. The second kappa shape index (κ2) is 4.30. The summed E-state index contributed by atoms with van der Waals surface area (Å²) < 4.78 is 6.00. The molecule has 0 aromatic carbocycles. The summed E-state index contributed by atoms with van der Waals surface area (Å²) >= 11 is 0. The molecular formula is C14H26O2. The Kier molecular flexibility index (Phi) is 3.33. The lowest BCUT2D eigenvalue weighted by Gasteiger charge is -2.51. The zero-order valence-corrected chi connectivity index (χ0v) is 11.0. The van der Waals surface area contributed by atoms with Crippen molar-refractivity contribution < 1.29 is 9.84 Å². The van der Waals surface area contributed by atoms with Crippen LogP contribution in [-0.4, -0.2) is 23.9 Å². The first-order chi connectivity index (χ1) is 7.44. The Labute approximate surface area is 99.4 Å². The molecule has 2 heteroatoms. The van der Waals surface area contributed by atoms with Gasteiger partial charge in [-0.15, -0.1) is 0 Å². The Morgan fingerprint density at radius 2 is 1.88 bits per heavy atom. The summed E-state index contributed by atoms with van der Waals surface area (Å²) in [7, 11) is 0. The minimum absolute atomic E-state index is 0.0883. The standard InChI is InChI=1S/C14H26O2/c1-13(2,3)8-9-16-12-10-11(15)14(12)6-4-5-7-14/h11-12,15H,4-10H2,1-3H3. The van der Waals surface area contributed by atoms with Gasteiger partial charge in [-0.1, -0.05) is 33.6 Å². The molecule has 0 aromatic rings. The Hall–Kier alpha value is -0.0800. The maximum atomic E-state index is 9.95. The first-order valence-corrected chi connectivity index (χ1v) is 6.74. The van der Waals surface area contributed by atoms with Crippen LogP contribution in [0, 0.1) is 10.8 Å². The number of aliphatic hydroxyl groups excluding tert-OH is 1. The van der Waals surface area contributed by atoms with Gasteiger partial charge in [-0.05, 0) is 24.7 Å². The SMILES string of the molecule is CC(C)(C)CCOC1CC(O)C12CCCC2. The lowest BCUT2D eigenvalue weighted by molar-refractivity contribution is -0.191. The van der Waals surface area contributed by atoms with E-state index >= 15 is 0 Å². The fraction of sp³-hybridized carbons (Fsp3) is 1.00. The summed E-state index contributed by atoms with van der Waals surface area (Å²) in [4.78, 5) is 0. The number of rotatable bonds is 3. The van der Waals surface area contributed by atoms with Crippen LogP contribution in [0.2, 0.25) is 0 Å². The molecule has 1 N–H and O–H groups in total. The molecule has 0 aliphatic heterocycles. The van der Waals surface area contributed by atoms with Crippen molar-refractivity contribution in [2.24, 2.45) is 10.8 Å². The van der Waals surface area contributed by atoms with E-state index in [1.165, 1.54) is 25.7 Å². The molecule has 2 rings (SSSR count). The number of ether oxygens (including phenoxy) is 1. The molecule has 2 aliphatic carbocycles. The highest BCUT2D eigenvalue weighted by atomic mass is 16.5. The average Bonchev–Trinajstić information content (AvgIpc) is 2.66. The van der Waals surface area contributed by atoms with E-state index in [0.717, 1.165) is 19.4 Å². The average molecular weight is 226 g/mol. The van der Waals surface area contributed by atoms with Crippen LogP contribution < -0.4 is 0 Å². The van der Waals surface area contributed by atoms with Crippen molar-refractivity contribution in [3.05, 3.63) is 0 Å². The van der Waals surface area contributed by atoms with Gasteiger partial charge in [0.15, 0.2) is 0 Å². The largest absolute Gasteiger partial charge is 0.392 e. The maximum absolute atomic E-state index is 9.95. The lowest BCUT2D eigenvalue weighted by atomic mass is 9.62. The molecule has 16 heavy (non-hydrogen) atoms. The van der Waals surface area contributed by atoms with Crippen LogP contribution >= 0.6 is 0 Å². The van der Waals surface area contributed by atoms with E-state index in [0.29, 0.717) is 11.5 Å². The number of aliphatic hydroxyl groups is 1. The summed E-state index contributed by atoms with van der Waals surface area (Å²) in [5.41, 5.74) is 0.503. The Morgan fingerprint density at radius 1 is 1.25 bits per heavy atom. The summed E-state index contributed by atoms with van der Waals surface area (Å²) in [6.07, 6.45) is 7.12. The molecule has 2 nitrogen and oxygen atoms in total. The fourth-order valence-electron chi connectivity index (χ4n) is 3.16. The normalized spacial score (nSPS) is 33.0. The van der Waals surface area contributed by atoms with Gasteiger partial charge in [0.25, 0.3) is 0 Å². The highest BCUT2D eigenvalue weighted by Gasteiger charge is 2.56. The van der Waals surface area contributed by atoms with Gasteiger partial charge in [0.05, 0.1) is 12.2 Å². The molecule has 0 heterocycles. The van der Waals surface area contributed by atoms with Gasteiger partial charge >= 0.3 is 0 Å². The van der Waals surface area contributed by atoms with Crippen molar-refractivity contribution in [3.8, 4) is 0 Å². The predicted molar refractivity (Wildman–Crippen MR) is 65.3 cm³/mol. The maximum Gasteiger partial charge on any atom is 0.0680 e. The fourth-order valence-corrected chi connectivity index (χ4v) is 3.16. The van der Waals surface area contributed by atoms with E-state index in [-0.39, 0.29) is 11.5 Å². The van der Waals surface area contributed by atoms with E-state index in [9.17, 15) is 5.11 Å². The summed E-state index contributed by atoms with van der Waals surface area (Å²) in [6.45, 7) is 7.59. The summed E-state index contributed by atoms with van der Waals surface area (Å²) in [6, 6.07) is 0. The van der Waals surface area contributed by atoms with Crippen molar-refractivity contribution in [1.82, 2.24) is 0 Å². The Balaban J connectivity index is 1.79. The van der Waals surface area contributed by atoms with Crippen molar-refractivity contribution in [3.63, 3.8) is 0 Å². The van der Waals surface area contributed by atoms with Crippen LogP contribution in [0.1, 0.15) is 59.3 Å². The first kappa shape index (κ1) is 12.4. The molecule has 1 spiro atoms. The van der Waals surface area contributed by atoms with E-state index in [1.807, 2.05) is 0 Å². The Morgan fingerprint density at radius 3 is 2.38 bits per heavy atom. The van der Waals surface area contributed by atoms with Crippen LogP contribution in [0.15, 0.2) is 0 Å². The van der Waals surface area contributed by atoms with Crippen LogP contribution in [0.5, 0.6) is 0 Å². The predicted octanol–water partition coefficient (Wildman–Crippen LogP) is 3.13. The minimum Gasteiger partial charge on any atom is -0.392 e. The molecule has 0 aromatic heterocycles. The van der Waals surface area contributed by atoms with Crippen molar-refractivity contribution in [2.75, 3.05) is 6.61 Å². The van der Waals surface area contributed by atoms with Crippen molar-refractivity contribution >= 4 is 0 Å². The smallest absolute Gasteiger partial charge is 0.0680 e. The van der Waals surface area contributed by atoms with Gasteiger partial charge in [0, 0.05) is 18.4 Å². The molecule has 2 unspecified atom stereocenters. The zero-order valence-electron chi connectivity index (χ0n) is 11.0. The highest BCUT2D eigenvalue weighted by Crippen LogP contribution is 2.54. The van der Waals surface area contributed by atoms with Gasteiger partial charge in [0.1, 0.15) is 0 Å². The molecule has 0 amide bonds. The Bertz CT molecular complexity index is 236. The van der Waals surface area contributed by atoms with E-state index in [1.54, 1.807) is 0 Å². The molecule has 2 saturated carbocycles. The topological polar surface area (TPSA) is 29.5 Å². The zero-order chi connectivity index (χ0) is 11.8. The third-order valence-electron chi connectivity index (χ3n) is 4.45. The minimum atomic E-state index is -0.0883. The summed E-state index contributed by atoms with van der Waals surface area (Å²) in [5, 5.41) is 9.95. The van der Waals surface area contributed by atoms with Crippen LogP contribution in [-0.2, 0) is 4.74 Å². The van der Waals surface area contributed by atoms with Crippen LogP contribution in [0.3, 0.4) is 0 Å². The van der Waals surface area contributed by atoms with Gasteiger partial charge < -0.3 is 9.84 Å². The van der Waals surface area contributed by atoms with Crippen LogP contribution in [0.4, 0.5) is 0 Å². The van der Waals surface area contributed by atoms with E-state index in [2.05, 4.69) is 20.8 Å². The first-order valence-electron chi connectivity index (χ1n) is 6.74. The molecular weight excluding hydrogens is 200 g/mol. The quantitative estimate of drug-likeness (QED) is 0.801.